The summed E-state index contributed by atoms with van der Waals surface area (Å²) in [4.78, 5) is 0. The second-order valence-electron chi connectivity index (χ2n) is 5.62. The van der Waals surface area contributed by atoms with E-state index in [0.29, 0.717) is 6.04 Å². The first kappa shape index (κ1) is 15.2. The minimum atomic E-state index is 0.569. The first-order chi connectivity index (χ1) is 8.74. The lowest BCUT2D eigenvalue weighted by molar-refractivity contribution is -0.716. The monoisotopic (exact) mass is 248 g/mol. The third kappa shape index (κ3) is 6.18. The van der Waals surface area contributed by atoms with Gasteiger partial charge in [0, 0.05) is 11.6 Å². The predicted octanol–water partition coefficient (Wildman–Crippen LogP) is 4.85. The number of pyridine rings is 1. The van der Waals surface area contributed by atoms with Gasteiger partial charge in [0.05, 0.1) is 0 Å². The minimum absolute atomic E-state index is 0.569. The third-order valence-electron chi connectivity index (χ3n) is 3.55. The van der Waals surface area contributed by atoms with Gasteiger partial charge in [0.25, 0.3) is 0 Å². The fourth-order valence-corrected chi connectivity index (χ4v) is 2.30. The lowest BCUT2D eigenvalue weighted by Gasteiger charge is -2.04. The van der Waals surface area contributed by atoms with Crippen molar-refractivity contribution in [3.63, 3.8) is 0 Å². The first-order valence-corrected chi connectivity index (χ1v) is 7.73. The van der Waals surface area contributed by atoms with Gasteiger partial charge in [0.15, 0.2) is 18.4 Å². The van der Waals surface area contributed by atoms with Crippen LogP contribution in [0.25, 0.3) is 0 Å². The van der Waals surface area contributed by atoms with Gasteiger partial charge in [-0.2, -0.15) is 0 Å². The van der Waals surface area contributed by atoms with E-state index in [4.69, 9.17) is 0 Å². The zero-order valence-corrected chi connectivity index (χ0v) is 12.5. The van der Waals surface area contributed by atoms with E-state index in [-0.39, 0.29) is 0 Å². The van der Waals surface area contributed by atoms with E-state index in [0.717, 1.165) is 0 Å². The quantitative estimate of drug-likeness (QED) is 0.434. The maximum Gasteiger partial charge on any atom is 0.172 e. The van der Waals surface area contributed by atoms with Crippen molar-refractivity contribution in [3.8, 4) is 0 Å². The summed E-state index contributed by atoms with van der Waals surface area (Å²) in [7, 11) is 0. The Bertz CT molecular complexity index is 317. The summed E-state index contributed by atoms with van der Waals surface area (Å²) in [5, 5.41) is 0. The molecule has 0 fully saturated rings. The molecule has 0 spiro atoms. The van der Waals surface area contributed by atoms with Gasteiger partial charge in [0.2, 0.25) is 0 Å². The van der Waals surface area contributed by atoms with Gasteiger partial charge < -0.3 is 0 Å². The van der Waals surface area contributed by atoms with E-state index in [1.165, 1.54) is 56.9 Å². The highest BCUT2D eigenvalue weighted by molar-refractivity contribution is 5.05. The first-order valence-electron chi connectivity index (χ1n) is 7.73. The van der Waals surface area contributed by atoms with Crippen LogP contribution in [0.5, 0.6) is 0 Å². The molecule has 1 aromatic rings. The highest BCUT2D eigenvalue weighted by Gasteiger charge is 2.06. The molecule has 0 aliphatic carbocycles. The Balaban J connectivity index is 2.17. The fraction of sp³-hybridized carbons (Fsp3) is 0.706. The lowest BCUT2D eigenvalue weighted by atomic mass is 10.1. The molecule has 0 bridgehead atoms. The van der Waals surface area contributed by atoms with Crippen molar-refractivity contribution in [1.29, 1.82) is 0 Å². The van der Waals surface area contributed by atoms with Crippen molar-refractivity contribution in [2.24, 2.45) is 0 Å². The Labute approximate surface area is 113 Å². The molecule has 0 saturated carbocycles. The smallest absolute Gasteiger partial charge is 0.172 e. The van der Waals surface area contributed by atoms with Crippen molar-refractivity contribution in [3.05, 3.63) is 30.1 Å². The maximum atomic E-state index is 2.31. The summed E-state index contributed by atoms with van der Waals surface area (Å²) >= 11 is 0. The number of nitrogens with zero attached hydrogens (tertiary/aromatic N) is 1. The Morgan fingerprint density at radius 3 is 2.33 bits per heavy atom. The van der Waals surface area contributed by atoms with E-state index in [1.54, 1.807) is 0 Å². The standard InChI is InChI=1S/C17H30N/c1-4-5-6-7-8-9-10-12-17-13-11-14-18(15-17)16(2)3/h11,13-16H,4-10,12H2,1-3H3/q+1. The van der Waals surface area contributed by atoms with E-state index in [2.05, 4.69) is 49.9 Å². The average molecular weight is 248 g/mol. The molecule has 18 heavy (non-hydrogen) atoms. The average Bonchev–Trinajstić information content (AvgIpc) is 2.38. The molecule has 0 aliphatic rings. The van der Waals surface area contributed by atoms with Gasteiger partial charge >= 0.3 is 0 Å². The largest absolute Gasteiger partial charge is 0.203 e. The molecule has 0 aliphatic heterocycles. The van der Waals surface area contributed by atoms with E-state index in [1.807, 2.05) is 0 Å². The van der Waals surface area contributed by atoms with Crippen molar-refractivity contribution in [2.45, 2.75) is 78.2 Å². The number of hydrogen-bond acceptors (Lipinski definition) is 0. The number of hydrogen-bond donors (Lipinski definition) is 0. The zero-order chi connectivity index (χ0) is 13.2. The van der Waals surface area contributed by atoms with Gasteiger partial charge in [-0.1, -0.05) is 45.4 Å². The molecule has 1 nitrogen and oxygen atoms in total. The molecule has 0 aromatic carbocycles. The molecule has 1 rings (SSSR count). The second kappa shape index (κ2) is 9.13. The number of aryl methyl sites for hydroxylation is 1. The summed E-state index contributed by atoms with van der Waals surface area (Å²) in [6.07, 6.45) is 15.5. The van der Waals surface area contributed by atoms with Crippen LogP contribution in [0, 0.1) is 0 Å². The summed E-state index contributed by atoms with van der Waals surface area (Å²) in [6.45, 7) is 6.74. The SMILES string of the molecule is CCCCCCCCCc1ccc[n+](C(C)C)c1. The Morgan fingerprint density at radius 2 is 1.67 bits per heavy atom. The van der Waals surface area contributed by atoms with E-state index >= 15 is 0 Å². The molecule has 0 unspecified atom stereocenters. The maximum absolute atomic E-state index is 2.31. The van der Waals surface area contributed by atoms with Crippen LogP contribution in [-0.4, -0.2) is 0 Å². The van der Waals surface area contributed by atoms with Crippen LogP contribution in [-0.2, 0) is 6.42 Å². The minimum Gasteiger partial charge on any atom is -0.203 e. The highest BCUT2D eigenvalue weighted by Crippen LogP contribution is 2.10. The molecule has 0 atom stereocenters. The number of unbranched alkanes of at least 4 members (excludes halogenated alkanes) is 6. The Morgan fingerprint density at radius 1 is 1.00 bits per heavy atom. The van der Waals surface area contributed by atoms with Gasteiger partial charge in [0.1, 0.15) is 0 Å². The topological polar surface area (TPSA) is 3.88 Å². The summed E-state index contributed by atoms with van der Waals surface area (Å²) in [5.41, 5.74) is 1.49. The van der Waals surface area contributed by atoms with Gasteiger partial charge in [-0.05, 0) is 32.8 Å². The molecule has 0 saturated heterocycles. The predicted molar refractivity (Wildman–Crippen MR) is 78.7 cm³/mol. The van der Waals surface area contributed by atoms with Crippen LogP contribution < -0.4 is 4.57 Å². The lowest BCUT2D eigenvalue weighted by Crippen LogP contribution is -2.35. The van der Waals surface area contributed by atoms with Crippen LogP contribution in [0.2, 0.25) is 0 Å². The Kier molecular flexibility index (Phi) is 7.71. The van der Waals surface area contributed by atoms with Crippen molar-refractivity contribution in [1.82, 2.24) is 0 Å². The summed E-state index contributed by atoms with van der Waals surface area (Å²) in [5.74, 6) is 0. The molecule has 1 aromatic heterocycles. The molecule has 0 amide bonds. The molecule has 1 heterocycles. The van der Waals surface area contributed by atoms with Crippen LogP contribution in [0.1, 0.15) is 77.3 Å². The summed E-state index contributed by atoms with van der Waals surface area (Å²) < 4.78 is 2.30. The molecular formula is C17H30N+. The molecular weight excluding hydrogens is 218 g/mol. The number of rotatable bonds is 9. The fourth-order valence-electron chi connectivity index (χ4n) is 2.30. The van der Waals surface area contributed by atoms with Crippen LogP contribution in [0.15, 0.2) is 24.5 Å². The van der Waals surface area contributed by atoms with Gasteiger partial charge in [-0.15, -0.1) is 0 Å². The van der Waals surface area contributed by atoms with Gasteiger partial charge in [-0.25, -0.2) is 4.57 Å². The van der Waals surface area contributed by atoms with E-state index in [9.17, 15) is 0 Å². The number of aromatic nitrogens is 1. The normalized spacial score (nSPS) is 11.1. The van der Waals surface area contributed by atoms with Crippen molar-refractivity contribution < 1.29 is 4.57 Å². The Hall–Kier alpha value is -0.850. The van der Waals surface area contributed by atoms with Crippen LogP contribution in [0.4, 0.5) is 0 Å². The zero-order valence-electron chi connectivity index (χ0n) is 12.5. The molecule has 1 heteroatoms. The molecule has 102 valence electrons. The third-order valence-corrected chi connectivity index (χ3v) is 3.55. The van der Waals surface area contributed by atoms with Crippen LogP contribution in [0.3, 0.4) is 0 Å². The van der Waals surface area contributed by atoms with Crippen molar-refractivity contribution in [2.75, 3.05) is 0 Å². The highest BCUT2D eigenvalue weighted by atomic mass is 15.0. The molecule has 0 N–H and O–H groups in total. The summed E-state index contributed by atoms with van der Waals surface area (Å²) in [6, 6.07) is 5.01. The van der Waals surface area contributed by atoms with Crippen LogP contribution >= 0.6 is 0 Å². The van der Waals surface area contributed by atoms with Crippen molar-refractivity contribution >= 4 is 0 Å². The van der Waals surface area contributed by atoms with E-state index < -0.39 is 0 Å². The van der Waals surface area contributed by atoms with Gasteiger partial charge in [-0.3, -0.25) is 0 Å². The second-order valence-corrected chi connectivity index (χ2v) is 5.62. The molecule has 0 radical (unpaired) electrons.